The largest absolute Gasteiger partial charge is 0.456 e. The molecule has 2 aromatic heterocycles. The molecule has 13 heteroatoms. The number of aromatic nitrogens is 3. The van der Waals surface area contributed by atoms with Crippen molar-refractivity contribution in [2.45, 2.75) is 42.5 Å². The number of imidazole rings is 1. The zero-order valence-electron chi connectivity index (χ0n) is 17.8. The number of pyridine rings is 1. The fourth-order valence-electron chi connectivity index (χ4n) is 5.01. The minimum atomic E-state index is -1.31. The number of aliphatic hydroxyl groups is 1. The highest BCUT2D eigenvalue weighted by atomic mass is 35.5. The van der Waals surface area contributed by atoms with Crippen molar-refractivity contribution in [3.63, 3.8) is 0 Å². The van der Waals surface area contributed by atoms with E-state index in [4.69, 9.17) is 37.4 Å². The van der Waals surface area contributed by atoms with Gasteiger partial charge in [0.2, 0.25) is 0 Å². The fourth-order valence-corrected chi connectivity index (χ4v) is 5.26. The molecule has 0 amide bonds. The molecule has 1 aliphatic carbocycles. The van der Waals surface area contributed by atoms with Crippen LogP contribution in [0.4, 0.5) is 5.82 Å². The Balaban J connectivity index is 1.29. The quantitative estimate of drug-likeness (QED) is 0.230. The van der Waals surface area contributed by atoms with Crippen molar-refractivity contribution >= 4 is 28.6 Å². The van der Waals surface area contributed by atoms with Crippen molar-refractivity contribution in [2.24, 2.45) is 16.8 Å². The van der Waals surface area contributed by atoms with Crippen molar-refractivity contribution < 1.29 is 19.3 Å². The fraction of sp³-hybridized carbons (Fsp3) is 0.429. The molecular formula is C21H22ClN7O5. The topological polar surface area (TPSA) is 174 Å². The third-order valence-corrected chi connectivity index (χ3v) is 7.01. The molecule has 34 heavy (non-hydrogen) atoms. The molecule has 2 unspecified atom stereocenters. The van der Waals surface area contributed by atoms with Crippen LogP contribution in [-0.2, 0) is 15.9 Å². The number of benzene rings is 1. The molecule has 6 rings (SSSR count). The van der Waals surface area contributed by atoms with Crippen LogP contribution in [-0.4, -0.2) is 63.4 Å². The number of rotatable bonds is 5. The van der Waals surface area contributed by atoms with Crippen LogP contribution >= 0.6 is 11.6 Å². The van der Waals surface area contributed by atoms with Crippen LogP contribution in [0.15, 0.2) is 35.5 Å². The van der Waals surface area contributed by atoms with E-state index in [1.54, 1.807) is 6.07 Å². The van der Waals surface area contributed by atoms with Crippen LogP contribution in [0.2, 0.25) is 5.02 Å². The van der Waals surface area contributed by atoms with Crippen LogP contribution in [0.1, 0.15) is 17.2 Å². The summed E-state index contributed by atoms with van der Waals surface area (Å²) in [6.45, 7) is 0.196. The molecule has 4 heterocycles. The number of nitrogens with zero attached hydrogens (tertiary/aromatic N) is 4. The van der Waals surface area contributed by atoms with Gasteiger partial charge in [-0.05, 0) is 17.2 Å². The zero-order chi connectivity index (χ0) is 23.6. The summed E-state index contributed by atoms with van der Waals surface area (Å²) in [5.41, 5.74) is 7.57. The van der Waals surface area contributed by atoms with Crippen LogP contribution in [0, 0.1) is 4.91 Å². The lowest BCUT2D eigenvalue weighted by Crippen LogP contribution is -2.55. The van der Waals surface area contributed by atoms with E-state index in [-0.39, 0.29) is 30.1 Å². The Bertz CT molecular complexity index is 1270. The van der Waals surface area contributed by atoms with E-state index in [1.807, 2.05) is 24.3 Å². The maximum absolute atomic E-state index is 11.5. The second-order valence-electron chi connectivity index (χ2n) is 8.73. The number of hydrogen-bond acceptors (Lipinski definition) is 11. The van der Waals surface area contributed by atoms with Crippen molar-refractivity contribution in [1.29, 1.82) is 0 Å². The van der Waals surface area contributed by atoms with Crippen molar-refractivity contribution in [3.05, 3.63) is 51.4 Å². The number of aromatic amines is 1. The highest BCUT2D eigenvalue weighted by Crippen LogP contribution is 2.40. The Morgan fingerprint density at radius 2 is 2.15 bits per heavy atom. The molecule has 3 aromatic rings. The number of nitrogens with two attached hydrogens (primary N) is 2. The summed E-state index contributed by atoms with van der Waals surface area (Å²) in [6.07, 6.45) is -1.66. The van der Waals surface area contributed by atoms with Crippen LogP contribution < -0.4 is 21.3 Å². The smallest absolute Gasteiger partial charge is 0.296 e. The first-order valence-corrected chi connectivity index (χ1v) is 11.2. The first-order chi connectivity index (χ1) is 16.4. The van der Waals surface area contributed by atoms with Gasteiger partial charge in [0.1, 0.15) is 18.2 Å². The van der Waals surface area contributed by atoms with Gasteiger partial charge >= 0.3 is 0 Å². The summed E-state index contributed by atoms with van der Waals surface area (Å²) in [4.78, 5) is 23.5. The molecule has 0 bridgehead atoms. The molecular weight excluding hydrogens is 466 g/mol. The van der Waals surface area contributed by atoms with Gasteiger partial charge in [-0.25, -0.2) is 10.8 Å². The van der Waals surface area contributed by atoms with Crippen molar-refractivity contribution in [1.82, 2.24) is 15.0 Å². The molecule has 6 atom stereocenters. The molecule has 2 fully saturated rings. The molecule has 3 aliphatic rings. The predicted octanol–water partition coefficient (Wildman–Crippen LogP) is 0.916. The van der Waals surface area contributed by atoms with Gasteiger partial charge in [-0.3, -0.25) is 10.7 Å². The van der Waals surface area contributed by atoms with E-state index >= 15 is 0 Å². The van der Waals surface area contributed by atoms with E-state index in [0.29, 0.717) is 17.6 Å². The number of anilines is 1. The zero-order valence-corrected chi connectivity index (χ0v) is 18.6. The average Bonchev–Trinajstić information content (AvgIpc) is 3.55. The maximum atomic E-state index is 11.5. The standard InChI is InChI=1S/C21H22ClN7O5/c22-11-6-13-18(27-20(25-13)34-14-7-33-21(23)15(30)8-32-17(14)21)26-19(11)29(24)16-10-4-2-1-3-9(10)5-12(16)28-31/h1-4,6,12,14-17,30H,5,7-8,23-24H2,(H,25,26,27)/t12?,14-,15-,16?,17-,21-/m1/s1. The number of nitrogens with one attached hydrogen (secondary N) is 1. The number of H-pyrrole nitrogens is 1. The van der Waals surface area contributed by atoms with E-state index in [1.165, 1.54) is 5.01 Å². The molecule has 1 aromatic carbocycles. The third kappa shape index (κ3) is 3.18. The van der Waals surface area contributed by atoms with E-state index in [9.17, 15) is 10.0 Å². The van der Waals surface area contributed by atoms with Gasteiger partial charge in [0.25, 0.3) is 6.01 Å². The Kier molecular flexibility index (Phi) is 4.99. The Morgan fingerprint density at radius 1 is 1.32 bits per heavy atom. The predicted molar refractivity (Wildman–Crippen MR) is 121 cm³/mol. The highest BCUT2D eigenvalue weighted by molar-refractivity contribution is 6.33. The molecule has 0 saturated carbocycles. The summed E-state index contributed by atoms with van der Waals surface area (Å²) in [6, 6.07) is 8.39. The second-order valence-corrected chi connectivity index (χ2v) is 9.13. The normalized spacial score (nSPS) is 32.1. The first kappa shape index (κ1) is 21.6. The number of hydrogen-bond donors (Lipinski definition) is 4. The average molecular weight is 488 g/mol. The summed E-state index contributed by atoms with van der Waals surface area (Å²) >= 11 is 6.52. The molecule has 0 radical (unpaired) electrons. The summed E-state index contributed by atoms with van der Waals surface area (Å²) in [5.74, 6) is 6.70. The number of ether oxygens (including phenoxy) is 3. The monoisotopic (exact) mass is 487 g/mol. The van der Waals surface area contributed by atoms with Crippen LogP contribution in [0.3, 0.4) is 0 Å². The Labute approximate surface area is 198 Å². The molecule has 2 aliphatic heterocycles. The van der Waals surface area contributed by atoms with Gasteiger partial charge in [0.15, 0.2) is 23.3 Å². The first-order valence-electron chi connectivity index (χ1n) is 10.8. The Hall–Kier alpha value is -2.87. The van der Waals surface area contributed by atoms with Gasteiger partial charge in [-0.1, -0.05) is 41.0 Å². The maximum Gasteiger partial charge on any atom is 0.296 e. The van der Waals surface area contributed by atoms with Gasteiger partial charge in [0.05, 0.1) is 29.8 Å². The molecule has 178 valence electrons. The SMILES string of the molecule is NN(c1nc2nc(O[C@@H]3CO[C@]4(N)[C@H](O)CO[C@H]34)[nH]c2cc1Cl)C1c2ccccc2CC1N=O. The number of hydrazine groups is 1. The van der Waals surface area contributed by atoms with E-state index < -0.39 is 36.1 Å². The van der Waals surface area contributed by atoms with Crippen molar-refractivity contribution in [2.75, 3.05) is 18.2 Å². The molecule has 2 saturated heterocycles. The van der Waals surface area contributed by atoms with E-state index in [2.05, 4.69) is 20.1 Å². The van der Waals surface area contributed by atoms with Gasteiger partial charge in [-0.2, -0.15) is 9.89 Å². The number of fused-ring (bicyclic) bond motifs is 3. The lowest BCUT2D eigenvalue weighted by Gasteiger charge is -2.28. The minimum absolute atomic E-state index is 0.0644. The van der Waals surface area contributed by atoms with Crippen molar-refractivity contribution in [3.8, 4) is 6.01 Å². The number of nitroso groups, excluding NO2 is 1. The molecule has 12 nitrogen and oxygen atoms in total. The number of halogens is 1. The molecule has 0 spiro atoms. The second kappa shape index (κ2) is 7.83. The summed E-state index contributed by atoms with van der Waals surface area (Å²) < 4.78 is 17.0. The van der Waals surface area contributed by atoms with E-state index in [0.717, 1.165) is 11.1 Å². The number of aliphatic hydroxyl groups excluding tert-OH is 1. The lowest BCUT2D eigenvalue weighted by atomic mass is 10.0. The summed E-state index contributed by atoms with van der Waals surface area (Å²) in [7, 11) is 0. The van der Waals surface area contributed by atoms with Crippen LogP contribution in [0.25, 0.3) is 11.2 Å². The third-order valence-electron chi connectivity index (χ3n) is 6.73. The van der Waals surface area contributed by atoms with Gasteiger partial charge < -0.3 is 24.3 Å². The lowest BCUT2D eigenvalue weighted by molar-refractivity contribution is -0.0715. The van der Waals surface area contributed by atoms with Gasteiger partial charge in [-0.15, -0.1) is 0 Å². The van der Waals surface area contributed by atoms with Crippen LogP contribution in [0.5, 0.6) is 6.01 Å². The minimum Gasteiger partial charge on any atom is -0.456 e. The van der Waals surface area contributed by atoms with Gasteiger partial charge in [0, 0.05) is 6.42 Å². The Morgan fingerprint density at radius 3 is 2.97 bits per heavy atom. The summed E-state index contributed by atoms with van der Waals surface area (Å²) in [5, 5.41) is 15.0. The highest BCUT2D eigenvalue weighted by Gasteiger charge is 2.59. The molecule has 6 N–H and O–H groups in total.